The van der Waals surface area contributed by atoms with Crippen LogP contribution in [0.5, 0.6) is 0 Å². The highest BCUT2D eigenvalue weighted by atomic mass is 31.2. The van der Waals surface area contributed by atoms with Gasteiger partial charge < -0.3 is 9.63 Å². The Morgan fingerprint density at radius 2 is 1.18 bits per heavy atom. The van der Waals surface area contributed by atoms with Crippen molar-refractivity contribution >= 4 is 13.3 Å². The number of esters is 1. The molecule has 0 heterocycles. The van der Waals surface area contributed by atoms with Crippen LogP contribution in [0.1, 0.15) is 110 Å². The molecule has 0 spiro atoms. The third-order valence-electron chi connectivity index (χ3n) is 5.09. The lowest BCUT2D eigenvalue weighted by atomic mass is 10.0. The van der Waals surface area contributed by atoms with Crippen LogP contribution in [-0.4, -0.2) is 29.8 Å². The van der Waals surface area contributed by atoms with Gasteiger partial charge in [-0.1, -0.05) is 97.0 Å². The molecule has 1 N–H and O–H groups in total. The summed E-state index contributed by atoms with van der Waals surface area (Å²) in [4.78, 5) is 21.2. The van der Waals surface area contributed by atoms with Crippen LogP contribution in [0.2, 0.25) is 0 Å². The summed E-state index contributed by atoms with van der Waals surface area (Å²) in [6, 6.07) is 0. The highest BCUT2D eigenvalue weighted by Crippen LogP contribution is 2.42. The summed E-state index contributed by atoms with van der Waals surface area (Å²) in [6.07, 6.45) is 19.0. The number of hydrogen-bond acceptors (Lipinski definition) is 3. The summed E-state index contributed by atoms with van der Waals surface area (Å²) in [5.74, 6) is -0.431. The first kappa shape index (κ1) is 27.4. The molecule has 0 fully saturated rings. The van der Waals surface area contributed by atoms with Gasteiger partial charge >= 0.3 is 5.97 Å². The van der Waals surface area contributed by atoms with Gasteiger partial charge in [0.1, 0.15) is 0 Å². The molecule has 0 saturated carbocycles. The zero-order chi connectivity index (χ0) is 21.1. The number of carbonyl (C=O) groups excluding carboxylic acids is 1. The van der Waals surface area contributed by atoms with Crippen LogP contribution in [0.4, 0.5) is 0 Å². The van der Waals surface area contributed by atoms with E-state index in [2.05, 4.69) is 13.5 Å². The lowest BCUT2D eigenvalue weighted by Gasteiger charge is -2.11. The van der Waals surface area contributed by atoms with Crippen molar-refractivity contribution in [3.05, 3.63) is 12.2 Å². The molecule has 0 bridgehead atoms. The molecule has 0 radical (unpaired) electrons. The maximum absolute atomic E-state index is 12.1. The van der Waals surface area contributed by atoms with E-state index in [9.17, 15) is 14.3 Å². The van der Waals surface area contributed by atoms with Crippen LogP contribution >= 0.6 is 7.37 Å². The number of hydrogen-bond donors (Lipinski definition) is 1. The monoisotopic (exact) mass is 416 g/mol. The summed E-state index contributed by atoms with van der Waals surface area (Å²) in [5, 5.41) is 0. The van der Waals surface area contributed by atoms with Crippen molar-refractivity contribution in [1.82, 2.24) is 0 Å². The molecule has 5 heteroatoms. The first-order valence-corrected chi connectivity index (χ1v) is 13.6. The van der Waals surface area contributed by atoms with E-state index in [0.717, 1.165) is 19.3 Å². The third-order valence-corrected chi connectivity index (χ3v) is 7.12. The SMILES string of the molecule is C=C(C)C(=O)OCCCP(=O)(O)CCCCCCCCCCCCCCCC. The predicted molar refractivity (Wildman–Crippen MR) is 120 cm³/mol. The molecule has 0 aromatic rings. The molecule has 28 heavy (non-hydrogen) atoms. The smallest absolute Gasteiger partial charge is 0.333 e. The van der Waals surface area contributed by atoms with Gasteiger partial charge in [-0.3, -0.25) is 4.57 Å². The molecule has 0 aliphatic heterocycles. The van der Waals surface area contributed by atoms with E-state index < -0.39 is 13.3 Å². The van der Waals surface area contributed by atoms with Gasteiger partial charge in [0.2, 0.25) is 7.37 Å². The second-order valence-electron chi connectivity index (χ2n) is 8.16. The fourth-order valence-electron chi connectivity index (χ4n) is 3.26. The van der Waals surface area contributed by atoms with E-state index in [1.807, 2.05) is 0 Å². The Morgan fingerprint density at radius 1 is 0.786 bits per heavy atom. The molecule has 1 unspecified atom stereocenters. The summed E-state index contributed by atoms with van der Waals surface area (Å²) < 4.78 is 17.1. The maximum Gasteiger partial charge on any atom is 0.333 e. The fraction of sp³-hybridized carbons (Fsp3) is 0.870. The van der Waals surface area contributed by atoms with Gasteiger partial charge in [0.05, 0.1) is 6.61 Å². The molecule has 0 aliphatic carbocycles. The van der Waals surface area contributed by atoms with Gasteiger partial charge in [0.25, 0.3) is 0 Å². The molecule has 0 aliphatic rings. The van der Waals surface area contributed by atoms with E-state index >= 15 is 0 Å². The van der Waals surface area contributed by atoms with Crippen LogP contribution in [0.3, 0.4) is 0 Å². The average Bonchev–Trinajstić information content (AvgIpc) is 2.65. The Kier molecular flexibility index (Phi) is 18.0. The van der Waals surface area contributed by atoms with Gasteiger partial charge in [0, 0.05) is 17.9 Å². The molecule has 0 aromatic carbocycles. The average molecular weight is 417 g/mol. The quantitative estimate of drug-likeness (QED) is 0.0982. The second-order valence-corrected chi connectivity index (χ2v) is 10.7. The Morgan fingerprint density at radius 3 is 1.61 bits per heavy atom. The molecular formula is C23H45O4P. The fourth-order valence-corrected chi connectivity index (χ4v) is 4.83. The van der Waals surface area contributed by atoms with E-state index in [1.165, 1.54) is 70.6 Å². The standard InChI is InChI=1S/C23H45O4P/c1-4-5-6-7-8-9-10-11-12-13-14-15-16-17-20-28(25,26)21-18-19-27-23(24)22(2)3/h2,4-21H2,1,3H3,(H,25,26). The number of carbonyl (C=O) groups is 1. The Labute approximate surface area is 174 Å². The summed E-state index contributed by atoms with van der Waals surface area (Å²) in [7, 11) is -3.07. The molecule has 0 amide bonds. The van der Waals surface area contributed by atoms with E-state index in [1.54, 1.807) is 6.92 Å². The van der Waals surface area contributed by atoms with Crippen molar-refractivity contribution < 1.29 is 19.0 Å². The lowest BCUT2D eigenvalue weighted by Crippen LogP contribution is -2.08. The minimum Gasteiger partial charge on any atom is -0.462 e. The van der Waals surface area contributed by atoms with Crippen molar-refractivity contribution in [3.8, 4) is 0 Å². The van der Waals surface area contributed by atoms with Crippen molar-refractivity contribution in [3.63, 3.8) is 0 Å². The molecule has 0 rings (SSSR count). The third kappa shape index (κ3) is 18.7. The molecular weight excluding hydrogens is 371 g/mol. The summed E-state index contributed by atoms with van der Waals surface area (Å²) in [5.41, 5.74) is 0.356. The van der Waals surface area contributed by atoms with E-state index in [0.29, 0.717) is 18.2 Å². The van der Waals surface area contributed by atoms with E-state index in [-0.39, 0.29) is 12.8 Å². The largest absolute Gasteiger partial charge is 0.462 e. The summed E-state index contributed by atoms with van der Waals surface area (Å²) in [6.45, 7) is 7.55. The van der Waals surface area contributed by atoms with Crippen LogP contribution in [0.15, 0.2) is 12.2 Å². The van der Waals surface area contributed by atoms with Gasteiger partial charge in [-0.2, -0.15) is 0 Å². The zero-order valence-corrected chi connectivity index (χ0v) is 19.4. The van der Waals surface area contributed by atoms with Crippen molar-refractivity contribution in [2.24, 2.45) is 0 Å². The van der Waals surface area contributed by atoms with Gasteiger partial charge in [-0.05, 0) is 19.8 Å². The highest BCUT2D eigenvalue weighted by Gasteiger charge is 2.17. The first-order valence-electron chi connectivity index (χ1n) is 11.5. The Bertz CT molecular complexity index is 448. The maximum atomic E-state index is 12.1. The molecule has 4 nitrogen and oxygen atoms in total. The van der Waals surface area contributed by atoms with Crippen LogP contribution < -0.4 is 0 Å². The predicted octanol–water partition coefficient (Wildman–Crippen LogP) is 7.25. The number of unbranched alkanes of at least 4 members (excludes halogenated alkanes) is 13. The van der Waals surface area contributed by atoms with Gasteiger partial charge in [-0.15, -0.1) is 0 Å². The minimum atomic E-state index is -3.07. The molecule has 0 aromatic heterocycles. The molecule has 0 saturated heterocycles. The van der Waals surface area contributed by atoms with Crippen LogP contribution in [0, 0.1) is 0 Å². The van der Waals surface area contributed by atoms with Gasteiger partial charge in [-0.25, -0.2) is 4.79 Å². The normalized spacial score (nSPS) is 13.2. The molecule has 166 valence electrons. The van der Waals surface area contributed by atoms with Gasteiger partial charge in [0.15, 0.2) is 0 Å². The lowest BCUT2D eigenvalue weighted by molar-refractivity contribution is -0.138. The van der Waals surface area contributed by atoms with Crippen molar-refractivity contribution in [1.29, 1.82) is 0 Å². The van der Waals surface area contributed by atoms with E-state index in [4.69, 9.17) is 4.74 Å². The minimum absolute atomic E-state index is 0.189. The molecule has 1 atom stereocenters. The van der Waals surface area contributed by atoms with Crippen molar-refractivity contribution in [2.75, 3.05) is 18.9 Å². The number of ether oxygens (including phenoxy) is 1. The first-order chi connectivity index (χ1) is 13.4. The highest BCUT2D eigenvalue weighted by molar-refractivity contribution is 7.57. The van der Waals surface area contributed by atoms with Crippen LogP contribution in [-0.2, 0) is 14.1 Å². The van der Waals surface area contributed by atoms with Crippen molar-refractivity contribution in [2.45, 2.75) is 110 Å². The summed E-state index contributed by atoms with van der Waals surface area (Å²) >= 11 is 0. The Hall–Kier alpha value is -0.600. The topological polar surface area (TPSA) is 63.6 Å². The second kappa shape index (κ2) is 18.4. The van der Waals surface area contributed by atoms with Crippen LogP contribution in [0.25, 0.3) is 0 Å². The number of rotatable bonds is 20. The Balaban J connectivity index is 3.39. The zero-order valence-electron chi connectivity index (χ0n) is 18.6.